The Morgan fingerprint density at radius 3 is 2.86 bits per heavy atom. The lowest BCUT2D eigenvalue weighted by Crippen LogP contribution is -2.53. The lowest BCUT2D eigenvalue weighted by molar-refractivity contribution is 0.494. The number of nitrogens with zero attached hydrogens (tertiary/aromatic N) is 4. The predicted molar refractivity (Wildman–Crippen MR) is 88.4 cm³/mol. The third-order valence-corrected chi connectivity index (χ3v) is 6.94. The van der Waals surface area contributed by atoms with Crippen molar-refractivity contribution >= 4 is 22.3 Å². The van der Waals surface area contributed by atoms with E-state index in [0.29, 0.717) is 24.5 Å². The Morgan fingerprint density at radius 2 is 2.18 bits per heavy atom. The number of imidazole rings is 1. The zero-order valence-electron chi connectivity index (χ0n) is 13.0. The molecule has 1 fully saturated rings. The standard InChI is InChI=1S/C16H20N4OS/c1-3-16(4-2)12-19(9-10-22(16)21)15-13(11-17)20-8-6-5-7-14(20)18-15/h5-8H,3-4,9-10,12H2,1-2H3. The third kappa shape index (κ3) is 2.20. The largest absolute Gasteiger partial charge is 0.352 e. The molecule has 1 aliphatic rings. The molecular formula is C16H20N4OS. The normalized spacial score (nSPS) is 21.0. The number of rotatable bonds is 3. The van der Waals surface area contributed by atoms with E-state index >= 15 is 0 Å². The lowest BCUT2D eigenvalue weighted by Gasteiger charge is -2.41. The average molecular weight is 316 g/mol. The van der Waals surface area contributed by atoms with Crippen molar-refractivity contribution in [1.29, 1.82) is 5.26 Å². The van der Waals surface area contributed by atoms with E-state index in [1.807, 2.05) is 28.8 Å². The van der Waals surface area contributed by atoms with Gasteiger partial charge in [-0.25, -0.2) is 4.98 Å². The highest BCUT2D eigenvalue weighted by atomic mass is 32.2. The van der Waals surface area contributed by atoms with E-state index in [9.17, 15) is 9.47 Å². The van der Waals surface area contributed by atoms with E-state index in [4.69, 9.17) is 0 Å². The highest BCUT2D eigenvalue weighted by Gasteiger charge is 2.40. The number of anilines is 1. The minimum atomic E-state index is -0.817. The lowest BCUT2D eigenvalue weighted by atomic mass is 10.0. The van der Waals surface area contributed by atoms with Crippen LogP contribution in [0.3, 0.4) is 0 Å². The van der Waals surface area contributed by atoms with Gasteiger partial charge in [0.15, 0.2) is 11.5 Å². The van der Waals surface area contributed by atoms with Crippen LogP contribution in [0.5, 0.6) is 0 Å². The molecule has 22 heavy (non-hydrogen) atoms. The molecule has 2 aromatic heterocycles. The van der Waals surface area contributed by atoms with E-state index in [0.717, 1.165) is 24.3 Å². The van der Waals surface area contributed by atoms with Crippen molar-refractivity contribution in [3.63, 3.8) is 0 Å². The van der Waals surface area contributed by atoms with E-state index < -0.39 is 10.8 Å². The molecule has 5 nitrogen and oxygen atoms in total. The number of fused-ring (bicyclic) bond motifs is 1. The summed E-state index contributed by atoms with van der Waals surface area (Å²) in [6.07, 6.45) is 3.61. The summed E-state index contributed by atoms with van der Waals surface area (Å²) in [4.78, 5) is 6.77. The fourth-order valence-corrected chi connectivity index (χ4v) is 4.96. The van der Waals surface area contributed by atoms with Crippen LogP contribution in [0.25, 0.3) is 5.65 Å². The molecule has 6 heteroatoms. The van der Waals surface area contributed by atoms with E-state index in [1.165, 1.54) is 0 Å². The van der Waals surface area contributed by atoms with Crippen LogP contribution in [-0.2, 0) is 10.8 Å². The first-order valence-corrected chi connectivity index (χ1v) is 8.97. The van der Waals surface area contributed by atoms with Gasteiger partial charge < -0.3 is 4.90 Å². The van der Waals surface area contributed by atoms with Gasteiger partial charge in [0.25, 0.3) is 0 Å². The molecule has 1 saturated heterocycles. The van der Waals surface area contributed by atoms with Gasteiger partial charge in [-0.05, 0) is 25.0 Å². The van der Waals surface area contributed by atoms with E-state index in [1.54, 1.807) is 0 Å². The molecule has 0 radical (unpaired) electrons. The third-order valence-electron chi connectivity index (χ3n) is 4.71. The molecule has 0 saturated carbocycles. The topological polar surface area (TPSA) is 61.4 Å². The molecule has 1 atom stereocenters. The molecule has 0 aliphatic carbocycles. The first-order valence-electron chi connectivity index (χ1n) is 7.66. The maximum Gasteiger partial charge on any atom is 0.169 e. The second-order valence-corrected chi connectivity index (χ2v) is 7.65. The summed E-state index contributed by atoms with van der Waals surface area (Å²) < 4.78 is 14.1. The van der Waals surface area contributed by atoms with Crippen molar-refractivity contribution in [2.45, 2.75) is 31.4 Å². The van der Waals surface area contributed by atoms with Gasteiger partial charge in [-0.15, -0.1) is 0 Å². The first kappa shape index (κ1) is 15.0. The highest BCUT2D eigenvalue weighted by Crippen LogP contribution is 2.32. The van der Waals surface area contributed by atoms with Crippen LogP contribution in [0.1, 0.15) is 32.4 Å². The number of hydrogen-bond acceptors (Lipinski definition) is 4. The molecule has 0 spiro atoms. The number of hydrogen-bond donors (Lipinski definition) is 0. The van der Waals surface area contributed by atoms with Gasteiger partial charge in [-0.1, -0.05) is 19.9 Å². The predicted octanol–water partition coefficient (Wildman–Crippen LogP) is 2.33. The first-order chi connectivity index (χ1) is 10.6. The summed E-state index contributed by atoms with van der Waals surface area (Å²) in [7, 11) is -0.817. The van der Waals surface area contributed by atoms with Crippen molar-refractivity contribution < 1.29 is 4.21 Å². The Labute approximate surface area is 133 Å². The number of aromatic nitrogens is 2. The molecule has 1 aliphatic heterocycles. The van der Waals surface area contributed by atoms with Gasteiger partial charge in [-0.3, -0.25) is 8.61 Å². The summed E-state index contributed by atoms with van der Waals surface area (Å²) in [5.41, 5.74) is 1.34. The summed E-state index contributed by atoms with van der Waals surface area (Å²) in [5, 5.41) is 9.53. The van der Waals surface area contributed by atoms with Gasteiger partial charge in [0, 0.05) is 35.8 Å². The molecule has 0 aromatic carbocycles. The smallest absolute Gasteiger partial charge is 0.169 e. The van der Waals surface area contributed by atoms with Crippen LogP contribution in [-0.4, -0.2) is 37.2 Å². The zero-order valence-corrected chi connectivity index (χ0v) is 13.8. The van der Waals surface area contributed by atoms with Crippen LogP contribution in [0.4, 0.5) is 5.82 Å². The Bertz CT molecular complexity index is 757. The minimum absolute atomic E-state index is 0.194. The maximum atomic E-state index is 12.5. The second-order valence-electron chi connectivity index (χ2n) is 5.69. The van der Waals surface area contributed by atoms with Crippen LogP contribution in [0.2, 0.25) is 0 Å². The summed E-state index contributed by atoms with van der Waals surface area (Å²) in [5.74, 6) is 1.36. The molecular weight excluding hydrogens is 296 g/mol. The molecule has 3 rings (SSSR count). The molecule has 0 amide bonds. The van der Waals surface area contributed by atoms with E-state index in [2.05, 4.69) is 29.8 Å². The van der Waals surface area contributed by atoms with E-state index in [-0.39, 0.29) is 4.75 Å². The van der Waals surface area contributed by atoms with Crippen LogP contribution >= 0.6 is 0 Å². The zero-order chi connectivity index (χ0) is 15.7. The molecule has 2 aromatic rings. The fraction of sp³-hybridized carbons (Fsp3) is 0.500. The quantitative estimate of drug-likeness (QED) is 0.872. The average Bonchev–Trinajstić information content (AvgIpc) is 2.94. The van der Waals surface area contributed by atoms with Gasteiger partial charge in [-0.2, -0.15) is 5.26 Å². The SMILES string of the molecule is CCC1(CC)CN(c2nc3ccccn3c2C#N)CCS1=O. The Kier molecular flexibility index (Phi) is 3.92. The van der Waals surface area contributed by atoms with Crippen LogP contribution < -0.4 is 4.90 Å². The van der Waals surface area contributed by atoms with Crippen molar-refractivity contribution in [1.82, 2.24) is 9.38 Å². The molecule has 0 bridgehead atoms. The van der Waals surface area contributed by atoms with Gasteiger partial charge in [0.05, 0.1) is 4.75 Å². The summed E-state index contributed by atoms with van der Waals surface area (Å²) in [6.45, 7) is 5.58. The van der Waals surface area contributed by atoms with Crippen molar-refractivity contribution in [2.24, 2.45) is 0 Å². The van der Waals surface area contributed by atoms with Crippen molar-refractivity contribution in [3.8, 4) is 6.07 Å². The molecule has 1 unspecified atom stereocenters. The van der Waals surface area contributed by atoms with Crippen molar-refractivity contribution in [2.75, 3.05) is 23.7 Å². The highest BCUT2D eigenvalue weighted by molar-refractivity contribution is 7.86. The van der Waals surface area contributed by atoms with Gasteiger partial charge >= 0.3 is 0 Å². The van der Waals surface area contributed by atoms with Crippen LogP contribution in [0, 0.1) is 11.3 Å². The fourth-order valence-electron chi connectivity index (χ4n) is 3.19. The Morgan fingerprint density at radius 1 is 1.41 bits per heavy atom. The molecule has 116 valence electrons. The van der Waals surface area contributed by atoms with Crippen molar-refractivity contribution in [3.05, 3.63) is 30.1 Å². The Hall–Kier alpha value is -1.87. The van der Waals surface area contributed by atoms with Gasteiger partial charge in [0.2, 0.25) is 0 Å². The number of pyridine rings is 1. The monoisotopic (exact) mass is 316 g/mol. The second kappa shape index (κ2) is 5.73. The minimum Gasteiger partial charge on any atom is -0.352 e. The summed E-state index contributed by atoms with van der Waals surface area (Å²) in [6, 6.07) is 7.99. The molecule has 3 heterocycles. The van der Waals surface area contributed by atoms with Gasteiger partial charge in [0.1, 0.15) is 11.7 Å². The summed E-state index contributed by atoms with van der Waals surface area (Å²) >= 11 is 0. The maximum absolute atomic E-state index is 12.5. The molecule has 0 N–H and O–H groups in total. The number of nitriles is 1. The van der Waals surface area contributed by atoms with Crippen LogP contribution in [0.15, 0.2) is 24.4 Å². The Balaban J connectivity index is 2.05.